The van der Waals surface area contributed by atoms with E-state index in [1.54, 1.807) is 6.07 Å². The molecule has 1 aromatic carbocycles. The lowest BCUT2D eigenvalue weighted by atomic mass is 10.4. The lowest BCUT2D eigenvalue weighted by molar-refractivity contribution is 0.682. The molecule has 0 N–H and O–H groups in total. The first-order chi connectivity index (χ1) is 6.25. The van der Waals surface area contributed by atoms with Crippen LogP contribution in [0, 0.1) is 11.3 Å². The van der Waals surface area contributed by atoms with Crippen LogP contribution in [0.15, 0.2) is 33.6 Å². The highest BCUT2D eigenvalue weighted by Crippen LogP contribution is 2.19. The van der Waals surface area contributed by atoms with Crippen LogP contribution in [0.5, 0.6) is 0 Å². The van der Waals surface area contributed by atoms with E-state index in [1.165, 1.54) is 0 Å². The third-order valence-electron chi connectivity index (χ3n) is 1.48. The van der Waals surface area contributed by atoms with Crippen molar-refractivity contribution in [3.8, 4) is 6.07 Å². The SMILES string of the molecule is N#CCCS(=O)c1ccccc1Br. The summed E-state index contributed by atoms with van der Waals surface area (Å²) >= 11 is 3.31. The van der Waals surface area contributed by atoms with Crippen LogP contribution in [0.3, 0.4) is 0 Å². The lowest BCUT2D eigenvalue weighted by Crippen LogP contribution is -1.97. The molecule has 0 saturated carbocycles. The van der Waals surface area contributed by atoms with Crippen molar-refractivity contribution in [3.63, 3.8) is 0 Å². The molecule has 0 aromatic heterocycles. The topological polar surface area (TPSA) is 40.9 Å². The first-order valence-corrected chi connectivity index (χ1v) is 5.86. The Kier molecular flexibility index (Phi) is 4.13. The monoisotopic (exact) mass is 257 g/mol. The molecular formula is C9H8BrNOS. The molecule has 1 atom stereocenters. The minimum Gasteiger partial charge on any atom is -0.254 e. The molecule has 1 rings (SSSR count). The van der Waals surface area contributed by atoms with E-state index >= 15 is 0 Å². The molecule has 0 fully saturated rings. The highest BCUT2D eigenvalue weighted by Gasteiger charge is 2.06. The van der Waals surface area contributed by atoms with Gasteiger partial charge in [0.15, 0.2) is 0 Å². The molecule has 0 aliphatic carbocycles. The summed E-state index contributed by atoms with van der Waals surface area (Å²) in [6.45, 7) is 0. The normalized spacial score (nSPS) is 12.0. The molecule has 1 aromatic rings. The molecule has 0 aliphatic rings. The number of halogens is 1. The van der Waals surface area contributed by atoms with Crippen molar-refractivity contribution >= 4 is 26.7 Å². The van der Waals surface area contributed by atoms with Crippen molar-refractivity contribution < 1.29 is 4.21 Å². The van der Waals surface area contributed by atoms with Crippen LogP contribution in [0.25, 0.3) is 0 Å². The quantitative estimate of drug-likeness (QED) is 0.835. The van der Waals surface area contributed by atoms with Gasteiger partial charge in [0.25, 0.3) is 0 Å². The standard InChI is InChI=1S/C9H8BrNOS/c10-8-4-1-2-5-9(8)13(12)7-3-6-11/h1-2,4-5H,3,7H2. The molecule has 0 heterocycles. The molecular weight excluding hydrogens is 250 g/mol. The summed E-state index contributed by atoms with van der Waals surface area (Å²) in [5.74, 6) is 0.402. The van der Waals surface area contributed by atoms with Gasteiger partial charge >= 0.3 is 0 Å². The Hall–Kier alpha value is -0.660. The minimum absolute atomic E-state index is 0.327. The largest absolute Gasteiger partial charge is 0.254 e. The summed E-state index contributed by atoms with van der Waals surface area (Å²) in [6, 6.07) is 9.34. The molecule has 0 bridgehead atoms. The molecule has 0 spiro atoms. The van der Waals surface area contributed by atoms with Crippen molar-refractivity contribution in [3.05, 3.63) is 28.7 Å². The fourth-order valence-corrected chi connectivity index (χ4v) is 2.72. The van der Waals surface area contributed by atoms with Gasteiger partial charge in [-0.25, -0.2) is 0 Å². The fourth-order valence-electron chi connectivity index (χ4n) is 0.878. The van der Waals surface area contributed by atoms with Gasteiger partial charge in [0.05, 0.1) is 21.8 Å². The Morgan fingerprint density at radius 2 is 2.15 bits per heavy atom. The van der Waals surface area contributed by atoms with Crippen LogP contribution in [-0.4, -0.2) is 9.96 Å². The Labute approximate surface area is 88.2 Å². The summed E-state index contributed by atoms with van der Waals surface area (Å²) in [4.78, 5) is 0.762. The number of nitrogens with zero attached hydrogens (tertiary/aromatic N) is 1. The minimum atomic E-state index is -1.06. The van der Waals surface area contributed by atoms with Gasteiger partial charge in [-0.3, -0.25) is 4.21 Å². The molecule has 68 valence electrons. The summed E-state index contributed by atoms with van der Waals surface area (Å²) in [6.07, 6.45) is 0.327. The van der Waals surface area contributed by atoms with Gasteiger partial charge in [0, 0.05) is 16.6 Å². The average Bonchev–Trinajstić information content (AvgIpc) is 2.15. The van der Waals surface area contributed by atoms with E-state index in [9.17, 15) is 4.21 Å². The van der Waals surface area contributed by atoms with Gasteiger partial charge in [-0.2, -0.15) is 5.26 Å². The third kappa shape index (κ3) is 2.94. The van der Waals surface area contributed by atoms with Crippen LogP contribution in [0.2, 0.25) is 0 Å². The second kappa shape index (κ2) is 5.15. The summed E-state index contributed by atoms with van der Waals surface area (Å²) in [5.41, 5.74) is 0. The Morgan fingerprint density at radius 3 is 2.77 bits per heavy atom. The predicted octanol–water partition coefficient (Wildman–Crippen LogP) is 2.47. The third-order valence-corrected chi connectivity index (χ3v) is 3.86. The number of rotatable bonds is 3. The van der Waals surface area contributed by atoms with Crippen LogP contribution >= 0.6 is 15.9 Å². The molecule has 0 saturated heterocycles. The number of hydrogen-bond donors (Lipinski definition) is 0. The van der Waals surface area contributed by atoms with E-state index in [4.69, 9.17) is 5.26 Å². The molecule has 0 amide bonds. The number of benzene rings is 1. The smallest absolute Gasteiger partial charge is 0.0631 e. The van der Waals surface area contributed by atoms with Crippen molar-refractivity contribution in [1.82, 2.24) is 0 Å². The van der Waals surface area contributed by atoms with Crippen LogP contribution in [0.4, 0.5) is 0 Å². The molecule has 1 unspecified atom stereocenters. The Morgan fingerprint density at radius 1 is 1.46 bits per heavy atom. The zero-order valence-corrected chi connectivity index (χ0v) is 9.27. The van der Waals surface area contributed by atoms with E-state index < -0.39 is 10.8 Å². The van der Waals surface area contributed by atoms with Crippen molar-refractivity contribution in [2.24, 2.45) is 0 Å². The van der Waals surface area contributed by atoms with Crippen molar-refractivity contribution in [1.29, 1.82) is 5.26 Å². The predicted molar refractivity (Wildman–Crippen MR) is 55.6 cm³/mol. The van der Waals surface area contributed by atoms with Gasteiger partial charge in [0.1, 0.15) is 0 Å². The average molecular weight is 258 g/mol. The lowest BCUT2D eigenvalue weighted by Gasteiger charge is -2.01. The summed E-state index contributed by atoms with van der Waals surface area (Å²) in [5, 5.41) is 8.34. The van der Waals surface area contributed by atoms with Crippen molar-refractivity contribution in [2.75, 3.05) is 5.75 Å². The van der Waals surface area contributed by atoms with E-state index in [0.717, 1.165) is 9.37 Å². The molecule has 13 heavy (non-hydrogen) atoms. The second-order valence-electron chi connectivity index (χ2n) is 2.39. The van der Waals surface area contributed by atoms with E-state index in [2.05, 4.69) is 15.9 Å². The Bertz CT molecular complexity index is 359. The zero-order chi connectivity index (χ0) is 9.68. The first-order valence-electron chi connectivity index (χ1n) is 3.75. The number of hydrogen-bond acceptors (Lipinski definition) is 2. The molecule has 0 aliphatic heterocycles. The zero-order valence-electron chi connectivity index (χ0n) is 6.87. The number of nitriles is 1. The van der Waals surface area contributed by atoms with E-state index in [1.807, 2.05) is 24.3 Å². The second-order valence-corrected chi connectivity index (χ2v) is 4.78. The van der Waals surface area contributed by atoms with Gasteiger partial charge < -0.3 is 0 Å². The maximum Gasteiger partial charge on any atom is 0.0631 e. The highest BCUT2D eigenvalue weighted by molar-refractivity contribution is 9.10. The Balaban J connectivity index is 2.78. The van der Waals surface area contributed by atoms with E-state index in [-0.39, 0.29) is 0 Å². The van der Waals surface area contributed by atoms with Crippen LogP contribution < -0.4 is 0 Å². The molecule has 0 radical (unpaired) electrons. The summed E-state index contributed by atoms with van der Waals surface area (Å²) < 4.78 is 12.4. The maximum absolute atomic E-state index is 11.6. The first kappa shape index (κ1) is 10.4. The summed E-state index contributed by atoms with van der Waals surface area (Å²) in [7, 11) is -1.06. The van der Waals surface area contributed by atoms with Crippen LogP contribution in [0.1, 0.15) is 6.42 Å². The van der Waals surface area contributed by atoms with Crippen LogP contribution in [-0.2, 0) is 10.8 Å². The molecule has 2 nitrogen and oxygen atoms in total. The van der Waals surface area contributed by atoms with E-state index in [0.29, 0.717) is 12.2 Å². The van der Waals surface area contributed by atoms with Gasteiger partial charge in [-0.1, -0.05) is 12.1 Å². The van der Waals surface area contributed by atoms with Gasteiger partial charge in [-0.05, 0) is 28.1 Å². The maximum atomic E-state index is 11.6. The van der Waals surface area contributed by atoms with Gasteiger partial charge in [-0.15, -0.1) is 0 Å². The molecule has 4 heteroatoms. The highest BCUT2D eigenvalue weighted by atomic mass is 79.9. The van der Waals surface area contributed by atoms with Gasteiger partial charge in [0.2, 0.25) is 0 Å². The fraction of sp³-hybridized carbons (Fsp3) is 0.222. The van der Waals surface area contributed by atoms with Crippen molar-refractivity contribution in [2.45, 2.75) is 11.3 Å².